The first-order valence-electron chi connectivity index (χ1n) is 8.83. The molecule has 0 bridgehead atoms. The standard InChI is InChI=1S/C18H22FN3O2S/c1-3-11(2)21-10-25(24)17-8-13(19)15(9-16(17)21)22-18(23)12-6-4-5-7-14(12)20-22/h8-9,11,20H,3-7,10H2,1-2H3. The molecule has 0 fully saturated rings. The van der Waals surface area contributed by atoms with Crippen molar-refractivity contribution in [2.24, 2.45) is 0 Å². The number of H-pyrrole nitrogens is 1. The summed E-state index contributed by atoms with van der Waals surface area (Å²) >= 11 is 0. The Balaban J connectivity index is 1.86. The summed E-state index contributed by atoms with van der Waals surface area (Å²) in [4.78, 5) is 15.3. The van der Waals surface area contributed by atoms with E-state index in [1.165, 1.54) is 10.7 Å². The zero-order valence-corrected chi connectivity index (χ0v) is 15.3. The van der Waals surface area contributed by atoms with Crippen LogP contribution in [-0.4, -0.2) is 25.9 Å². The fourth-order valence-electron chi connectivity index (χ4n) is 3.72. The maximum absolute atomic E-state index is 14.7. The van der Waals surface area contributed by atoms with Crippen LogP contribution in [0, 0.1) is 5.82 Å². The smallest absolute Gasteiger partial charge is 0.274 e. The molecular weight excluding hydrogens is 341 g/mol. The maximum atomic E-state index is 14.7. The van der Waals surface area contributed by atoms with Crippen LogP contribution in [0.3, 0.4) is 0 Å². The van der Waals surface area contributed by atoms with E-state index < -0.39 is 16.6 Å². The number of aromatic amines is 1. The Morgan fingerprint density at radius 2 is 2.04 bits per heavy atom. The molecule has 1 N–H and O–H groups in total. The van der Waals surface area contributed by atoms with E-state index in [0.29, 0.717) is 10.8 Å². The third-order valence-corrected chi connectivity index (χ3v) is 6.71. The van der Waals surface area contributed by atoms with Crippen molar-refractivity contribution in [3.05, 3.63) is 39.6 Å². The molecule has 25 heavy (non-hydrogen) atoms. The zero-order chi connectivity index (χ0) is 17.7. The Kier molecular flexibility index (Phi) is 4.06. The SMILES string of the molecule is CCC(C)N1CS(=O)c2cc(F)c(-n3[nH]c4c(c3=O)CCCC4)cc21. The lowest BCUT2D eigenvalue weighted by atomic mass is 9.98. The van der Waals surface area contributed by atoms with Crippen molar-refractivity contribution in [3.8, 4) is 5.69 Å². The first-order valence-corrected chi connectivity index (χ1v) is 10.1. The molecule has 1 aliphatic carbocycles. The van der Waals surface area contributed by atoms with Gasteiger partial charge in [0, 0.05) is 17.3 Å². The van der Waals surface area contributed by atoms with Crippen LogP contribution in [-0.2, 0) is 23.6 Å². The maximum Gasteiger partial charge on any atom is 0.274 e. The van der Waals surface area contributed by atoms with E-state index in [9.17, 15) is 13.4 Å². The molecule has 1 aromatic carbocycles. The van der Waals surface area contributed by atoms with Crippen LogP contribution in [0.15, 0.2) is 21.8 Å². The van der Waals surface area contributed by atoms with Gasteiger partial charge >= 0.3 is 0 Å². The number of rotatable bonds is 3. The number of nitrogens with one attached hydrogen (secondary N) is 1. The predicted molar refractivity (Wildman–Crippen MR) is 96.5 cm³/mol. The van der Waals surface area contributed by atoms with Crippen molar-refractivity contribution in [2.75, 3.05) is 10.8 Å². The van der Waals surface area contributed by atoms with E-state index in [1.54, 1.807) is 6.07 Å². The Hall–Kier alpha value is -1.89. The summed E-state index contributed by atoms with van der Waals surface area (Å²) < 4.78 is 28.4. The first-order chi connectivity index (χ1) is 12.0. The molecule has 0 amide bonds. The van der Waals surface area contributed by atoms with Gasteiger partial charge < -0.3 is 4.90 Å². The summed E-state index contributed by atoms with van der Waals surface area (Å²) in [5.41, 5.74) is 2.50. The fraction of sp³-hybridized carbons (Fsp3) is 0.500. The second kappa shape index (κ2) is 6.12. The number of benzene rings is 1. The third kappa shape index (κ3) is 2.56. The molecule has 0 saturated carbocycles. The van der Waals surface area contributed by atoms with Crippen LogP contribution in [0.2, 0.25) is 0 Å². The monoisotopic (exact) mass is 363 g/mol. The summed E-state index contributed by atoms with van der Waals surface area (Å²) in [6, 6.07) is 3.21. The van der Waals surface area contributed by atoms with Crippen LogP contribution in [0.5, 0.6) is 0 Å². The average Bonchev–Trinajstić information content (AvgIpc) is 3.12. The third-order valence-electron chi connectivity index (χ3n) is 5.38. The Morgan fingerprint density at radius 3 is 2.76 bits per heavy atom. The minimum Gasteiger partial charge on any atom is -0.356 e. The number of anilines is 1. The number of hydrogen-bond donors (Lipinski definition) is 1. The largest absolute Gasteiger partial charge is 0.356 e. The summed E-state index contributed by atoms with van der Waals surface area (Å²) in [6.07, 6.45) is 4.51. The van der Waals surface area contributed by atoms with Gasteiger partial charge in [0.2, 0.25) is 0 Å². The molecule has 0 spiro atoms. The van der Waals surface area contributed by atoms with Crippen LogP contribution in [0.4, 0.5) is 10.1 Å². The Bertz CT molecular complexity index is 918. The summed E-state index contributed by atoms with van der Waals surface area (Å²) in [6.45, 7) is 4.13. The molecule has 1 aromatic heterocycles. The average molecular weight is 363 g/mol. The molecule has 7 heteroatoms. The molecule has 5 nitrogen and oxygen atoms in total. The van der Waals surface area contributed by atoms with Crippen molar-refractivity contribution < 1.29 is 8.60 Å². The Morgan fingerprint density at radius 1 is 1.28 bits per heavy atom. The quantitative estimate of drug-likeness (QED) is 0.912. The number of halogens is 1. The fourth-order valence-corrected chi connectivity index (χ4v) is 5.15. The van der Waals surface area contributed by atoms with Crippen LogP contribution < -0.4 is 10.5 Å². The second-order valence-electron chi connectivity index (χ2n) is 6.89. The molecule has 0 saturated heterocycles. The molecule has 4 rings (SSSR count). The van der Waals surface area contributed by atoms with Gasteiger partial charge in [0.15, 0.2) is 0 Å². The van der Waals surface area contributed by atoms with Gasteiger partial charge in [0.1, 0.15) is 11.5 Å². The van der Waals surface area contributed by atoms with Gasteiger partial charge in [0.05, 0.1) is 27.3 Å². The van der Waals surface area contributed by atoms with Crippen LogP contribution in [0.1, 0.15) is 44.4 Å². The van der Waals surface area contributed by atoms with Crippen LogP contribution >= 0.6 is 0 Å². The van der Waals surface area contributed by atoms with E-state index in [1.807, 2.05) is 4.90 Å². The van der Waals surface area contributed by atoms with Crippen molar-refractivity contribution in [3.63, 3.8) is 0 Å². The van der Waals surface area contributed by atoms with E-state index in [2.05, 4.69) is 18.9 Å². The number of hydrogen-bond acceptors (Lipinski definition) is 3. The van der Waals surface area contributed by atoms with Crippen molar-refractivity contribution in [1.29, 1.82) is 0 Å². The molecule has 2 heterocycles. The minimum atomic E-state index is -1.23. The van der Waals surface area contributed by atoms with Crippen molar-refractivity contribution in [1.82, 2.24) is 9.78 Å². The number of aromatic nitrogens is 2. The van der Waals surface area contributed by atoms with E-state index in [-0.39, 0.29) is 17.3 Å². The molecule has 2 aromatic rings. The van der Waals surface area contributed by atoms with E-state index in [0.717, 1.165) is 49.0 Å². The lowest BCUT2D eigenvalue weighted by Gasteiger charge is -2.25. The minimum absolute atomic E-state index is 0.164. The topological polar surface area (TPSA) is 58.1 Å². The highest BCUT2D eigenvalue weighted by Crippen LogP contribution is 2.36. The normalized spacial score (nSPS) is 20.4. The lowest BCUT2D eigenvalue weighted by molar-refractivity contribution is 0.601. The lowest BCUT2D eigenvalue weighted by Crippen LogP contribution is -2.31. The van der Waals surface area contributed by atoms with Gasteiger partial charge in [-0.3, -0.25) is 14.1 Å². The van der Waals surface area contributed by atoms with E-state index in [4.69, 9.17) is 0 Å². The number of aryl methyl sites for hydroxylation is 1. The summed E-state index contributed by atoms with van der Waals surface area (Å²) in [5, 5.41) is 3.09. The highest BCUT2D eigenvalue weighted by atomic mass is 32.2. The zero-order valence-electron chi connectivity index (χ0n) is 14.5. The van der Waals surface area contributed by atoms with Gasteiger partial charge in [0.25, 0.3) is 5.56 Å². The first kappa shape index (κ1) is 16.6. The molecule has 0 radical (unpaired) electrons. The van der Waals surface area contributed by atoms with Crippen LogP contribution in [0.25, 0.3) is 5.69 Å². The van der Waals surface area contributed by atoms with Gasteiger partial charge in [-0.05, 0) is 51.2 Å². The predicted octanol–water partition coefficient (Wildman–Crippen LogP) is 2.87. The molecular formula is C18H22FN3O2S. The molecule has 2 aliphatic rings. The molecule has 2 atom stereocenters. The van der Waals surface area contributed by atoms with Gasteiger partial charge in [-0.2, -0.15) is 0 Å². The molecule has 2 unspecified atom stereocenters. The van der Waals surface area contributed by atoms with E-state index >= 15 is 0 Å². The second-order valence-corrected chi connectivity index (χ2v) is 8.28. The number of nitrogens with zero attached hydrogens (tertiary/aromatic N) is 2. The van der Waals surface area contributed by atoms with Crippen molar-refractivity contribution >= 4 is 16.5 Å². The summed E-state index contributed by atoms with van der Waals surface area (Å²) in [5.74, 6) is -0.137. The Labute approximate surface area is 148 Å². The van der Waals surface area contributed by atoms with Gasteiger partial charge in [-0.25, -0.2) is 9.07 Å². The summed E-state index contributed by atoms with van der Waals surface area (Å²) in [7, 11) is -1.23. The highest BCUT2D eigenvalue weighted by molar-refractivity contribution is 7.85. The number of fused-ring (bicyclic) bond motifs is 2. The van der Waals surface area contributed by atoms with Gasteiger partial charge in [-0.1, -0.05) is 6.92 Å². The van der Waals surface area contributed by atoms with Gasteiger partial charge in [-0.15, -0.1) is 0 Å². The molecule has 134 valence electrons. The molecule has 1 aliphatic heterocycles. The van der Waals surface area contributed by atoms with Crippen molar-refractivity contribution in [2.45, 2.75) is 56.9 Å². The highest BCUT2D eigenvalue weighted by Gasteiger charge is 2.31.